The molecule has 1 amide bonds. The van der Waals surface area contributed by atoms with Gasteiger partial charge in [0.1, 0.15) is 24.7 Å². The van der Waals surface area contributed by atoms with E-state index in [1.54, 1.807) is 11.9 Å². The van der Waals surface area contributed by atoms with Crippen molar-refractivity contribution < 1.29 is 18.7 Å². The molecule has 4 aromatic rings. The van der Waals surface area contributed by atoms with Crippen molar-refractivity contribution in [2.24, 2.45) is 0 Å². The molecule has 2 aromatic carbocycles. The molecule has 3 heterocycles. The first-order chi connectivity index (χ1) is 15.1. The molecule has 0 bridgehead atoms. The molecule has 6 nitrogen and oxygen atoms in total. The maximum absolute atomic E-state index is 13.4. The lowest BCUT2D eigenvalue weighted by atomic mass is 10.0. The van der Waals surface area contributed by atoms with Gasteiger partial charge in [0, 0.05) is 18.0 Å². The maximum Gasteiger partial charge on any atom is 0.254 e. The van der Waals surface area contributed by atoms with Crippen molar-refractivity contribution in [1.29, 1.82) is 0 Å². The zero-order chi connectivity index (χ0) is 21.4. The number of carbonyl (C=O) groups excluding carboxylic acids is 1. The third kappa shape index (κ3) is 3.72. The van der Waals surface area contributed by atoms with Crippen LogP contribution in [0.25, 0.3) is 22.2 Å². The number of rotatable bonds is 4. The Balaban J connectivity index is 1.55. The highest BCUT2D eigenvalue weighted by Gasteiger charge is 2.20. The van der Waals surface area contributed by atoms with Crippen LogP contribution in [0.4, 0.5) is 0 Å². The maximum atomic E-state index is 13.4. The van der Waals surface area contributed by atoms with Gasteiger partial charge in [-0.15, -0.1) is 0 Å². The number of benzene rings is 2. The predicted molar refractivity (Wildman–Crippen MR) is 117 cm³/mol. The van der Waals surface area contributed by atoms with E-state index in [1.165, 1.54) is 0 Å². The standard InChI is InChI=1S/C25H22N2O4/c1-16-7-9-18(31-16)15-27(2)25(28)20-14-22(26-21-6-4-3-5-19(20)21)17-8-10-23-24(13-17)30-12-11-29-23/h3-10,13-14H,11-12,15H2,1-2H3. The zero-order valence-corrected chi connectivity index (χ0v) is 17.4. The Morgan fingerprint density at radius 3 is 2.61 bits per heavy atom. The number of aryl methyl sites for hydroxylation is 1. The van der Waals surface area contributed by atoms with Gasteiger partial charge in [-0.2, -0.15) is 0 Å². The van der Waals surface area contributed by atoms with E-state index in [0.717, 1.165) is 33.7 Å². The van der Waals surface area contributed by atoms with Gasteiger partial charge in [-0.25, -0.2) is 4.98 Å². The number of nitrogens with zero attached hydrogens (tertiary/aromatic N) is 2. The lowest BCUT2D eigenvalue weighted by molar-refractivity contribution is 0.0777. The molecule has 0 atom stereocenters. The summed E-state index contributed by atoms with van der Waals surface area (Å²) in [6, 6.07) is 19.1. The lowest BCUT2D eigenvalue weighted by Gasteiger charge is -2.20. The Bertz CT molecular complexity index is 1280. The van der Waals surface area contributed by atoms with E-state index in [9.17, 15) is 4.79 Å². The van der Waals surface area contributed by atoms with Crippen molar-refractivity contribution in [3.05, 3.63) is 77.7 Å². The second-order valence-electron chi connectivity index (χ2n) is 7.60. The number of aromatic nitrogens is 1. The minimum absolute atomic E-state index is 0.0913. The van der Waals surface area contributed by atoms with Crippen molar-refractivity contribution in [2.45, 2.75) is 13.5 Å². The largest absolute Gasteiger partial charge is 0.486 e. The van der Waals surface area contributed by atoms with Crippen LogP contribution >= 0.6 is 0 Å². The first-order valence-electron chi connectivity index (χ1n) is 10.2. The summed E-state index contributed by atoms with van der Waals surface area (Å²) in [4.78, 5) is 19.9. The van der Waals surface area contributed by atoms with Crippen LogP contribution in [0.3, 0.4) is 0 Å². The second kappa shape index (κ2) is 7.80. The molecule has 0 saturated carbocycles. The predicted octanol–water partition coefficient (Wildman–Crippen LogP) is 4.85. The molecule has 5 rings (SSSR count). The molecule has 1 aliphatic heterocycles. The fourth-order valence-electron chi connectivity index (χ4n) is 3.78. The van der Waals surface area contributed by atoms with Crippen molar-refractivity contribution >= 4 is 16.8 Å². The quantitative estimate of drug-likeness (QED) is 0.478. The lowest BCUT2D eigenvalue weighted by Crippen LogP contribution is -2.26. The van der Waals surface area contributed by atoms with Gasteiger partial charge in [-0.1, -0.05) is 18.2 Å². The molecule has 1 aliphatic rings. The van der Waals surface area contributed by atoms with Gasteiger partial charge in [0.15, 0.2) is 11.5 Å². The molecule has 0 spiro atoms. The Morgan fingerprint density at radius 2 is 1.81 bits per heavy atom. The van der Waals surface area contributed by atoms with E-state index in [0.29, 0.717) is 36.8 Å². The monoisotopic (exact) mass is 414 g/mol. The van der Waals surface area contributed by atoms with Crippen LogP contribution in [0.1, 0.15) is 21.9 Å². The average Bonchev–Trinajstić information content (AvgIpc) is 3.21. The summed E-state index contributed by atoms with van der Waals surface area (Å²) in [6.07, 6.45) is 0. The Kier molecular flexibility index (Phi) is 4.82. The number of hydrogen-bond acceptors (Lipinski definition) is 5. The highest BCUT2D eigenvalue weighted by Crippen LogP contribution is 2.35. The molecular weight excluding hydrogens is 392 g/mol. The summed E-state index contributed by atoms with van der Waals surface area (Å²) in [6.45, 7) is 3.34. The van der Waals surface area contributed by atoms with E-state index >= 15 is 0 Å². The van der Waals surface area contributed by atoms with E-state index in [1.807, 2.05) is 67.6 Å². The van der Waals surface area contributed by atoms with Crippen LogP contribution in [-0.4, -0.2) is 36.1 Å². The molecule has 0 radical (unpaired) electrons. The van der Waals surface area contributed by atoms with Crippen LogP contribution in [0.15, 0.2) is 65.1 Å². The molecular formula is C25H22N2O4. The van der Waals surface area contributed by atoms with Crippen molar-refractivity contribution in [2.75, 3.05) is 20.3 Å². The summed E-state index contributed by atoms with van der Waals surface area (Å²) >= 11 is 0. The number of carbonyl (C=O) groups is 1. The average molecular weight is 414 g/mol. The topological polar surface area (TPSA) is 64.8 Å². The summed E-state index contributed by atoms with van der Waals surface area (Å²) < 4.78 is 17.0. The van der Waals surface area contributed by atoms with E-state index in [-0.39, 0.29) is 5.91 Å². The number of para-hydroxylation sites is 1. The van der Waals surface area contributed by atoms with E-state index in [2.05, 4.69) is 0 Å². The van der Waals surface area contributed by atoms with E-state index in [4.69, 9.17) is 18.9 Å². The third-order valence-electron chi connectivity index (χ3n) is 5.32. The highest BCUT2D eigenvalue weighted by molar-refractivity contribution is 6.07. The third-order valence-corrected chi connectivity index (χ3v) is 5.32. The fourth-order valence-corrected chi connectivity index (χ4v) is 3.78. The molecule has 31 heavy (non-hydrogen) atoms. The first kappa shape index (κ1) is 19.2. The van der Waals surface area contributed by atoms with Gasteiger partial charge in [0.2, 0.25) is 0 Å². The Labute approximate surface area is 180 Å². The zero-order valence-electron chi connectivity index (χ0n) is 17.4. The molecule has 2 aromatic heterocycles. The summed E-state index contributed by atoms with van der Waals surface area (Å²) in [5.41, 5.74) is 2.94. The van der Waals surface area contributed by atoms with Crippen molar-refractivity contribution in [1.82, 2.24) is 9.88 Å². The molecule has 0 saturated heterocycles. The van der Waals surface area contributed by atoms with Gasteiger partial charge in [0.25, 0.3) is 5.91 Å². The molecule has 6 heteroatoms. The van der Waals surface area contributed by atoms with Crippen LogP contribution in [-0.2, 0) is 6.54 Å². The SMILES string of the molecule is Cc1ccc(CN(C)C(=O)c2cc(-c3ccc4c(c3)OCCO4)nc3ccccc23)o1. The molecule has 156 valence electrons. The summed E-state index contributed by atoms with van der Waals surface area (Å²) in [5.74, 6) is 2.90. The van der Waals surface area contributed by atoms with Gasteiger partial charge in [-0.3, -0.25) is 4.79 Å². The highest BCUT2D eigenvalue weighted by atomic mass is 16.6. The number of pyridine rings is 1. The summed E-state index contributed by atoms with van der Waals surface area (Å²) in [5, 5.41) is 0.816. The smallest absolute Gasteiger partial charge is 0.254 e. The number of hydrogen-bond donors (Lipinski definition) is 0. The van der Waals surface area contributed by atoms with E-state index < -0.39 is 0 Å². The van der Waals surface area contributed by atoms with Gasteiger partial charge in [-0.05, 0) is 49.4 Å². The van der Waals surface area contributed by atoms with Crippen molar-refractivity contribution in [3.63, 3.8) is 0 Å². The number of furan rings is 1. The molecule has 0 unspecified atom stereocenters. The summed E-state index contributed by atoms with van der Waals surface area (Å²) in [7, 11) is 1.78. The second-order valence-corrected chi connectivity index (χ2v) is 7.60. The molecule has 0 N–H and O–H groups in total. The van der Waals surface area contributed by atoms with Crippen LogP contribution in [0.2, 0.25) is 0 Å². The fraction of sp³-hybridized carbons (Fsp3) is 0.200. The van der Waals surface area contributed by atoms with Gasteiger partial charge in [0.05, 0.1) is 23.3 Å². The molecule has 0 aliphatic carbocycles. The van der Waals surface area contributed by atoms with Gasteiger partial charge < -0.3 is 18.8 Å². The first-order valence-corrected chi connectivity index (χ1v) is 10.2. The molecule has 0 fully saturated rings. The normalized spacial score (nSPS) is 12.7. The van der Waals surface area contributed by atoms with Crippen LogP contribution in [0, 0.1) is 6.92 Å². The Morgan fingerprint density at radius 1 is 1.00 bits per heavy atom. The van der Waals surface area contributed by atoms with Crippen LogP contribution in [0.5, 0.6) is 11.5 Å². The minimum atomic E-state index is -0.0913. The number of amides is 1. The van der Waals surface area contributed by atoms with Gasteiger partial charge >= 0.3 is 0 Å². The Hall–Kier alpha value is -3.80. The van der Waals surface area contributed by atoms with Crippen LogP contribution < -0.4 is 9.47 Å². The minimum Gasteiger partial charge on any atom is -0.486 e. The number of ether oxygens (including phenoxy) is 2. The van der Waals surface area contributed by atoms with Crippen molar-refractivity contribution in [3.8, 4) is 22.8 Å². The number of fused-ring (bicyclic) bond motifs is 2.